The summed E-state index contributed by atoms with van der Waals surface area (Å²) < 4.78 is 6.01. The van der Waals surface area contributed by atoms with Crippen molar-refractivity contribution in [2.24, 2.45) is 0 Å². The number of nitrogens with zero attached hydrogens (tertiary/aromatic N) is 2. The third-order valence-corrected chi connectivity index (χ3v) is 5.91. The second-order valence-electron chi connectivity index (χ2n) is 6.13. The lowest BCUT2D eigenvalue weighted by Crippen LogP contribution is -2.25. The van der Waals surface area contributed by atoms with E-state index in [-0.39, 0.29) is 24.1 Å². The summed E-state index contributed by atoms with van der Waals surface area (Å²) in [5.74, 6) is 0.511. The van der Waals surface area contributed by atoms with Crippen LogP contribution in [-0.2, 0) is 4.79 Å². The Labute approximate surface area is 169 Å². The first-order valence-electron chi connectivity index (χ1n) is 8.47. The number of hydrogen-bond acceptors (Lipinski definition) is 8. The van der Waals surface area contributed by atoms with E-state index >= 15 is 0 Å². The Bertz CT molecular complexity index is 1050. The first kappa shape index (κ1) is 18.5. The van der Waals surface area contributed by atoms with Gasteiger partial charge in [0, 0.05) is 11.3 Å². The van der Waals surface area contributed by atoms with Crippen molar-refractivity contribution in [1.29, 1.82) is 0 Å². The fourth-order valence-corrected chi connectivity index (χ4v) is 4.30. The summed E-state index contributed by atoms with van der Waals surface area (Å²) in [5, 5.41) is 14.8. The summed E-state index contributed by atoms with van der Waals surface area (Å²) in [4.78, 5) is 23.9. The molecular weight excluding hydrogens is 396 g/mol. The zero-order chi connectivity index (χ0) is 19.5. The molecule has 1 aliphatic rings. The molecule has 0 saturated carbocycles. The fraction of sp³-hybridized carbons (Fsp3) is 0.158. The van der Waals surface area contributed by atoms with Gasteiger partial charge in [0.1, 0.15) is 5.75 Å². The number of benzene rings is 2. The Morgan fingerprint density at radius 1 is 1.29 bits per heavy atom. The normalized spacial score (nSPS) is 12.7. The molecular formula is C19H16N4O3S2. The second-order valence-corrected chi connectivity index (χ2v) is 8.33. The van der Waals surface area contributed by atoms with Crippen molar-refractivity contribution in [3.05, 3.63) is 53.6 Å². The van der Waals surface area contributed by atoms with Gasteiger partial charge in [-0.05, 0) is 42.8 Å². The van der Waals surface area contributed by atoms with Crippen LogP contribution < -0.4 is 15.4 Å². The summed E-state index contributed by atoms with van der Waals surface area (Å²) in [7, 11) is 0. The average Bonchev–Trinajstić information content (AvgIpc) is 3.13. The number of nitrogens with one attached hydrogen (secondary N) is 2. The molecule has 1 aliphatic heterocycles. The van der Waals surface area contributed by atoms with E-state index in [4.69, 9.17) is 4.74 Å². The number of rotatable bonds is 6. The van der Waals surface area contributed by atoms with Crippen LogP contribution in [0.1, 0.15) is 15.9 Å². The van der Waals surface area contributed by atoms with Gasteiger partial charge in [-0.25, -0.2) is 0 Å². The number of fused-ring (bicyclic) bond motifs is 1. The molecule has 28 heavy (non-hydrogen) atoms. The van der Waals surface area contributed by atoms with Gasteiger partial charge in [-0.2, -0.15) is 0 Å². The van der Waals surface area contributed by atoms with Crippen molar-refractivity contribution in [2.45, 2.75) is 11.3 Å². The molecule has 0 bridgehead atoms. The largest absolute Gasteiger partial charge is 0.482 e. The standard InChI is InChI=1S/C19H16N4O3S2/c1-11-3-2-4-13(7-11)20-18-22-23-19(28-18)27-10-15(24)12-5-6-16-14(8-12)21-17(25)9-26-16/h2-8H,9-10H2,1H3,(H,20,22)(H,21,25). The number of thioether (sulfide) groups is 1. The van der Waals surface area contributed by atoms with Crippen LogP contribution in [0, 0.1) is 6.92 Å². The summed E-state index contributed by atoms with van der Waals surface area (Å²) in [6, 6.07) is 13.0. The molecule has 1 amide bonds. The van der Waals surface area contributed by atoms with Gasteiger partial charge in [-0.1, -0.05) is 35.2 Å². The van der Waals surface area contributed by atoms with Gasteiger partial charge in [-0.3, -0.25) is 9.59 Å². The quantitative estimate of drug-likeness (QED) is 0.468. The molecule has 0 saturated heterocycles. The molecule has 3 aromatic rings. The Morgan fingerprint density at radius 2 is 2.18 bits per heavy atom. The minimum atomic E-state index is -0.228. The van der Waals surface area contributed by atoms with E-state index in [2.05, 4.69) is 20.8 Å². The van der Waals surface area contributed by atoms with Crippen LogP contribution in [0.25, 0.3) is 0 Å². The minimum absolute atomic E-state index is 0.00783. The molecule has 0 spiro atoms. The Morgan fingerprint density at radius 3 is 3.04 bits per heavy atom. The van der Waals surface area contributed by atoms with Crippen molar-refractivity contribution >= 4 is 51.3 Å². The van der Waals surface area contributed by atoms with Crippen LogP contribution in [-0.4, -0.2) is 34.2 Å². The monoisotopic (exact) mass is 412 g/mol. The molecule has 4 rings (SSSR count). The van der Waals surface area contributed by atoms with Crippen LogP contribution in [0.3, 0.4) is 0 Å². The topological polar surface area (TPSA) is 93.2 Å². The Balaban J connectivity index is 1.37. The Kier molecular flexibility index (Phi) is 5.27. The number of aromatic nitrogens is 2. The summed E-state index contributed by atoms with van der Waals surface area (Å²) >= 11 is 2.73. The zero-order valence-corrected chi connectivity index (χ0v) is 16.5. The number of hydrogen-bond donors (Lipinski definition) is 2. The zero-order valence-electron chi connectivity index (χ0n) is 14.9. The average molecular weight is 412 g/mol. The molecule has 0 radical (unpaired) electrons. The third kappa shape index (κ3) is 4.32. The lowest BCUT2D eigenvalue weighted by atomic mass is 10.1. The van der Waals surface area contributed by atoms with E-state index in [1.165, 1.54) is 23.1 Å². The van der Waals surface area contributed by atoms with Crippen LogP contribution in [0.2, 0.25) is 0 Å². The molecule has 0 aliphatic carbocycles. The first-order chi connectivity index (χ1) is 13.6. The maximum absolute atomic E-state index is 12.5. The molecule has 0 fully saturated rings. The highest BCUT2D eigenvalue weighted by Crippen LogP contribution is 2.31. The van der Waals surface area contributed by atoms with Crippen molar-refractivity contribution < 1.29 is 14.3 Å². The van der Waals surface area contributed by atoms with E-state index in [9.17, 15) is 9.59 Å². The summed E-state index contributed by atoms with van der Waals surface area (Å²) in [5.41, 5.74) is 3.13. The van der Waals surface area contributed by atoms with E-state index in [0.717, 1.165) is 11.3 Å². The molecule has 9 heteroatoms. The minimum Gasteiger partial charge on any atom is -0.482 e. The predicted octanol–water partition coefficient (Wildman–Crippen LogP) is 3.90. The summed E-state index contributed by atoms with van der Waals surface area (Å²) in [6.45, 7) is 2.02. The molecule has 2 N–H and O–H groups in total. The van der Waals surface area contributed by atoms with Crippen LogP contribution in [0.4, 0.5) is 16.5 Å². The predicted molar refractivity (Wildman–Crippen MR) is 110 cm³/mol. The highest BCUT2D eigenvalue weighted by molar-refractivity contribution is 8.01. The van der Waals surface area contributed by atoms with Crippen molar-refractivity contribution in [1.82, 2.24) is 10.2 Å². The maximum Gasteiger partial charge on any atom is 0.262 e. The molecule has 0 unspecified atom stereocenters. The second kappa shape index (κ2) is 7.99. The van der Waals surface area contributed by atoms with Gasteiger partial charge in [0.25, 0.3) is 5.91 Å². The molecule has 2 aromatic carbocycles. The van der Waals surface area contributed by atoms with Gasteiger partial charge in [0.2, 0.25) is 5.13 Å². The number of amides is 1. The van der Waals surface area contributed by atoms with Gasteiger partial charge in [0.05, 0.1) is 11.4 Å². The molecule has 0 atom stereocenters. The third-order valence-electron chi connectivity index (χ3n) is 3.94. The first-order valence-corrected chi connectivity index (χ1v) is 10.3. The van der Waals surface area contributed by atoms with E-state index in [0.29, 0.717) is 26.5 Å². The van der Waals surface area contributed by atoms with Crippen LogP contribution in [0.5, 0.6) is 5.75 Å². The smallest absolute Gasteiger partial charge is 0.262 e. The maximum atomic E-state index is 12.5. The van der Waals surface area contributed by atoms with Gasteiger partial charge in [0.15, 0.2) is 16.7 Å². The number of anilines is 3. The number of carbonyl (C=O) groups is 2. The van der Waals surface area contributed by atoms with E-state index < -0.39 is 0 Å². The van der Waals surface area contributed by atoms with Crippen molar-refractivity contribution in [3.8, 4) is 5.75 Å². The lowest BCUT2D eigenvalue weighted by Gasteiger charge is -2.18. The summed E-state index contributed by atoms with van der Waals surface area (Å²) in [6.07, 6.45) is 0. The number of ketones is 1. The van der Waals surface area contributed by atoms with Crippen LogP contribution in [0.15, 0.2) is 46.8 Å². The molecule has 142 valence electrons. The molecule has 1 aromatic heterocycles. The number of Topliss-reactive ketones (excluding diaryl/α,β-unsaturated/α-hetero) is 1. The molecule has 2 heterocycles. The SMILES string of the molecule is Cc1cccc(Nc2nnc(SCC(=O)c3ccc4c(c3)NC(=O)CO4)s2)c1. The van der Waals surface area contributed by atoms with Gasteiger partial charge >= 0.3 is 0 Å². The number of carbonyl (C=O) groups excluding carboxylic acids is 2. The number of aryl methyl sites for hydroxylation is 1. The van der Waals surface area contributed by atoms with Crippen molar-refractivity contribution in [3.63, 3.8) is 0 Å². The van der Waals surface area contributed by atoms with E-state index in [1.54, 1.807) is 18.2 Å². The van der Waals surface area contributed by atoms with Gasteiger partial charge < -0.3 is 15.4 Å². The highest BCUT2D eigenvalue weighted by Gasteiger charge is 2.18. The highest BCUT2D eigenvalue weighted by atomic mass is 32.2. The number of ether oxygens (including phenoxy) is 1. The van der Waals surface area contributed by atoms with Crippen LogP contribution >= 0.6 is 23.1 Å². The lowest BCUT2D eigenvalue weighted by molar-refractivity contribution is -0.118. The molecule has 7 nitrogen and oxygen atoms in total. The Hall–Kier alpha value is -2.91. The van der Waals surface area contributed by atoms with Gasteiger partial charge in [-0.15, -0.1) is 10.2 Å². The fourth-order valence-electron chi connectivity index (χ4n) is 2.63. The van der Waals surface area contributed by atoms with E-state index in [1.807, 2.05) is 31.2 Å². The van der Waals surface area contributed by atoms with Crippen molar-refractivity contribution in [2.75, 3.05) is 23.0 Å².